The predicted octanol–water partition coefficient (Wildman–Crippen LogP) is 0.129. The lowest BCUT2D eigenvalue weighted by Crippen LogP contribution is -2.19. The minimum absolute atomic E-state index is 0.167. The van der Waals surface area contributed by atoms with Crippen LogP contribution in [0.2, 0.25) is 0 Å². The van der Waals surface area contributed by atoms with Crippen LogP contribution in [0.1, 0.15) is 28.4 Å². The normalized spacial score (nSPS) is 16.7. The fourth-order valence-electron chi connectivity index (χ4n) is 1.85. The molecule has 0 saturated carbocycles. The van der Waals surface area contributed by atoms with Gasteiger partial charge in [0.25, 0.3) is 11.7 Å². The number of carbonyl (C=O) groups excluding carboxylic acids is 2. The van der Waals surface area contributed by atoms with Crippen LogP contribution < -0.4 is 5.32 Å². The molecule has 0 bridgehead atoms. The molecule has 2 rings (SSSR count). The summed E-state index contributed by atoms with van der Waals surface area (Å²) in [5.74, 6) is -1.44. The van der Waals surface area contributed by atoms with Crippen LogP contribution in [0.15, 0.2) is 18.2 Å². The second kappa shape index (κ2) is 4.56. The Bertz CT molecular complexity index is 562. The molecule has 0 aromatic heterocycles. The molecule has 0 radical (unpaired) electrons. The lowest BCUT2D eigenvalue weighted by Gasteiger charge is -2.18. The molecule has 6 nitrogen and oxygen atoms in total. The van der Waals surface area contributed by atoms with E-state index >= 15 is 0 Å². The van der Waals surface area contributed by atoms with E-state index in [1.54, 1.807) is 6.07 Å². The SMILES string of the molecule is N#CCC(O)C(O)c1cccc2c1NC(=O)C2=O. The number of para-hydroxylation sites is 1. The Balaban J connectivity index is 2.40. The molecule has 1 aliphatic heterocycles. The van der Waals surface area contributed by atoms with Crippen LogP contribution in [0.4, 0.5) is 5.69 Å². The summed E-state index contributed by atoms with van der Waals surface area (Å²) in [6, 6.07) is 6.20. The van der Waals surface area contributed by atoms with E-state index in [1.807, 2.05) is 0 Å². The van der Waals surface area contributed by atoms with E-state index in [9.17, 15) is 19.8 Å². The summed E-state index contributed by atoms with van der Waals surface area (Å²) in [5.41, 5.74) is 0.604. The van der Waals surface area contributed by atoms with Gasteiger partial charge < -0.3 is 15.5 Å². The maximum Gasteiger partial charge on any atom is 0.296 e. The third-order valence-electron chi connectivity index (χ3n) is 2.77. The van der Waals surface area contributed by atoms with Gasteiger partial charge in [0.15, 0.2) is 0 Å². The summed E-state index contributed by atoms with van der Waals surface area (Å²) in [6.45, 7) is 0. The summed E-state index contributed by atoms with van der Waals surface area (Å²) >= 11 is 0. The molecule has 6 heteroatoms. The van der Waals surface area contributed by atoms with E-state index in [4.69, 9.17) is 5.26 Å². The third kappa shape index (κ3) is 1.86. The molecule has 1 amide bonds. The topological polar surface area (TPSA) is 110 Å². The summed E-state index contributed by atoms with van der Waals surface area (Å²) in [4.78, 5) is 22.7. The number of Topliss-reactive ketones (excluding diaryl/α,β-unsaturated/α-hetero) is 1. The van der Waals surface area contributed by atoms with Gasteiger partial charge in [0, 0.05) is 5.56 Å². The Morgan fingerprint density at radius 2 is 2.06 bits per heavy atom. The minimum Gasteiger partial charge on any atom is -0.389 e. The number of nitriles is 1. The number of benzene rings is 1. The molecule has 1 aromatic rings. The van der Waals surface area contributed by atoms with Crippen LogP contribution in [0.25, 0.3) is 0 Å². The van der Waals surface area contributed by atoms with Crippen molar-refractivity contribution in [2.75, 3.05) is 5.32 Å². The smallest absolute Gasteiger partial charge is 0.296 e. The van der Waals surface area contributed by atoms with Gasteiger partial charge in [-0.25, -0.2) is 0 Å². The Labute approximate surface area is 102 Å². The molecule has 92 valence electrons. The summed E-state index contributed by atoms with van der Waals surface area (Å²) < 4.78 is 0. The first-order chi connectivity index (χ1) is 8.56. The van der Waals surface area contributed by atoms with Gasteiger partial charge in [-0.2, -0.15) is 5.26 Å². The van der Waals surface area contributed by atoms with Crippen LogP contribution >= 0.6 is 0 Å². The van der Waals surface area contributed by atoms with Crippen molar-refractivity contribution in [3.8, 4) is 6.07 Å². The number of fused-ring (bicyclic) bond motifs is 1. The molecular formula is C12H10N2O4. The van der Waals surface area contributed by atoms with Gasteiger partial charge in [0.1, 0.15) is 6.10 Å². The average molecular weight is 246 g/mol. The summed E-state index contributed by atoms with van der Waals surface area (Å²) in [6.07, 6.45) is -2.84. The molecule has 1 aliphatic rings. The first-order valence-electron chi connectivity index (χ1n) is 5.28. The van der Waals surface area contributed by atoms with Crippen molar-refractivity contribution in [1.82, 2.24) is 0 Å². The molecule has 1 aromatic carbocycles. The van der Waals surface area contributed by atoms with E-state index < -0.39 is 23.9 Å². The van der Waals surface area contributed by atoms with Crippen molar-refractivity contribution in [2.24, 2.45) is 0 Å². The number of ketones is 1. The van der Waals surface area contributed by atoms with Crippen LogP contribution in [0.3, 0.4) is 0 Å². The largest absolute Gasteiger partial charge is 0.389 e. The van der Waals surface area contributed by atoms with Gasteiger partial charge in [-0.1, -0.05) is 12.1 Å². The standard InChI is InChI=1S/C12H10N2O4/c13-5-4-8(15)10(16)6-2-1-3-7-9(6)14-12(18)11(7)17/h1-3,8,10,15-16H,4H2,(H,14,17,18). The van der Waals surface area contributed by atoms with Gasteiger partial charge in [0.05, 0.1) is 29.8 Å². The van der Waals surface area contributed by atoms with E-state index in [0.29, 0.717) is 0 Å². The summed E-state index contributed by atoms with van der Waals surface area (Å²) in [5, 5.41) is 30.3. The number of amides is 1. The number of carbonyl (C=O) groups is 2. The van der Waals surface area contributed by atoms with E-state index in [0.717, 1.165) is 0 Å². The highest BCUT2D eigenvalue weighted by Crippen LogP contribution is 2.33. The second-order valence-electron chi connectivity index (χ2n) is 3.93. The number of hydrogen-bond donors (Lipinski definition) is 3. The van der Waals surface area contributed by atoms with Crippen molar-refractivity contribution in [2.45, 2.75) is 18.6 Å². The Hall–Kier alpha value is -2.23. The number of nitrogens with one attached hydrogen (secondary N) is 1. The van der Waals surface area contributed by atoms with Crippen molar-refractivity contribution in [3.63, 3.8) is 0 Å². The van der Waals surface area contributed by atoms with Crippen LogP contribution in [0, 0.1) is 11.3 Å². The monoisotopic (exact) mass is 246 g/mol. The average Bonchev–Trinajstić information content (AvgIpc) is 2.65. The van der Waals surface area contributed by atoms with E-state index in [2.05, 4.69) is 5.32 Å². The quantitative estimate of drug-likeness (QED) is 0.656. The zero-order chi connectivity index (χ0) is 13.3. The number of aliphatic hydroxyl groups excluding tert-OH is 2. The number of aliphatic hydroxyl groups is 2. The summed E-state index contributed by atoms with van der Waals surface area (Å²) in [7, 11) is 0. The zero-order valence-electron chi connectivity index (χ0n) is 9.25. The lowest BCUT2D eigenvalue weighted by atomic mass is 9.98. The maximum absolute atomic E-state index is 11.5. The molecule has 2 atom stereocenters. The molecular weight excluding hydrogens is 236 g/mol. The number of rotatable bonds is 3. The molecule has 0 fully saturated rings. The first-order valence-corrected chi connectivity index (χ1v) is 5.28. The van der Waals surface area contributed by atoms with Crippen molar-refractivity contribution in [1.29, 1.82) is 5.26 Å². The van der Waals surface area contributed by atoms with Crippen LogP contribution in [0.5, 0.6) is 0 Å². The van der Waals surface area contributed by atoms with Gasteiger partial charge in [-0.15, -0.1) is 0 Å². The molecule has 1 heterocycles. The van der Waals surface area contributed by atoms with Crippen molar-refractivity contribution in [3.05, 3.63) is 29.3 Å². The van der Waals surface area contributed by atoms with Gasteiger partial charge in [-0.05, 0) is 6.07 Å². The van der Waals surface area contributed by atoms with E-state index in [-0.39, 0.29) is 23.2 Å². The highest BCUT2D eigenvalue weighted by molar-refractivity contribution is 6.51. The molecule has 2 unspecified atom stereocenters. The number of anilines is 1. The maximum atomic E-state index is 11.5. The van der Waals surface area contributed by atoms with Crippen molar-refractivity contribution < 1.29 is 19.8 Å². The predicted molar refractivity (Wildman–Crippen MR) is 60.6 cm³/mol. The molecule has 0 spiro atoms. The van der Waals surface area contributed by atoms with Gasteiger partial charge in [0.2, 0.25) is 0 Å². The van der Waals surface area contributed by atoms with Crippen LogP contribution in [-0.2, 0) is 4.79 Å². The Kier molecular flexibility index (Phi) is 3.10. The molecule has 3 N–H and O–H groups in total. The molecule has 0 saturated heterocycles. The highest BCUT2D eigenvalue weighted by Gasteiger charge is 2.32. The van der Waals surface area contributed by atoms with Gasteiger partial charge in [-0.3, -0.25) is 9.59 Å². The van der Waals surface area contributed by atoms with Crippen LogP contribution in [-0.4, -0.2) is 28.0 Å². The van der Waals surface area contributed by atoms with E-state index in [1.165, 1.54) is 18.2 Å². The number of hydrogen-bond acceptors (Lipinski definition) is 5. The molecule has 18 heavy (non-hydrogen) atoms. The number of nitrogens with zero attached hydrogens (tertiary/aromatic N) is 1. The fraction of sp³-hybridized carbons (Fsp3) is 0.250. The fourth-order valence-corrected chi connectivity index (χ4v) is 1.85. The van der Waals surface area contributed by atoms with Crippen molar-refractivity contribution >= 4 is 17.4 Å². The molecule has 0 aliphatic carbocycles. The highest BCUT2D eigenvalue weighted by atomic mass is 16.3. The van der Waals surface area contributed by atoms with Gasteiger partial charge >= 0.3 is 0 Å². The Morgan fingerprint density at radius 3 is 2.72 bits per heavy atom. The first kappa shape index (κ1) is 12.2. The Morgan fingerprint density at radius 1 is 1.33 bits per heavy atom. The lowest BCUT2D eigenvalue weighted by molar-refractivity contribution is -0.112. The minimum atomic E-state index is -1.33. The zero-order valence-corrected chi connectivity index (χ0v) is 9.25. The second-order valence-corrected chi connectivity index (χ2v) is 3.93. The third-order valence-corrected chi connectivity index (χ3v) is 2.77.